The minimum absolute atomic E-state index is 0.214. The van der Waals surface area contributed by atoms with Gasteiger partial charge in [-0.3, -0.25) is 4.79 Å². The number of fused-ring (bicyclic) bond motifs is 1. The van der Waals surface area contributed by atoms with Crippen molar-refractivity contribution in [3.63, 3.8) is 0 Å². The molecule has 1 amide bonds. The fourth-order valence-corrected chi connectivity index (χ4v) is 3.36. The zero-order valence-corrected chi connectivity index (χ0v) is 13.0. The minimum Gasteiger partial charge on any atom is -0.358 e. The molecule has 0 spiro atoms. The second kappa shape index (κ2) is 5.55. The van der Waals surface area contributed by atoms with Crippen molar-refractivity contribution >= 4 is 16.8 Å². The predicted molar refractivity (Wildman–Crippen MR) is 86.5 cm³/mol. The van der Waals surface area contributed by atoms with Crippen molar-refractivity contribution in [2.75, 3.05) is 6.54 Å². The molecule has 1 heterocycles. The van der Waals surface area contributed by atoms with Crippen LogP contribution in [-0.2, 0) is 10.2 Å². The summed E-state index contributed by atoms with van der Waals surface area (Å²) in [7, 11) is 0. The van der Waals surface area contributed by atoms with Crippen molar-refractivity contribution in [2.45, 2.75) is 51.4 Å². The van der Waals surface area contributed by atoms with Gasteiger partial charge in [-0.25, -0.2) is 0 Å². The van der Waals surface area contributed by atoms with Crippen LogP contribution in [0.3, 0.4) is 0 Å². The SMILES string of the molecule is CCCCCNC(=O)C1(c2c(C)[nH]c3ccccc23)CC1. The van der Waals surface area contributed by atoms with Gasteiger partial charge in [-0.1, -0.05) is 38.0 Å². The Kier molecular flexibility index (Phi) is 3.75. The highest BCUT2D eigenvalue weighted by Crippen LogP contribution is 2.51. The molecule has 1 aromatic carbocycles. The highest BCUT2D eigenvalue weighted by molar-refractivity contribution is 5.98. The fourth-order valence-electron chi connectivity index (χ4n) is 3.36. The Morgan fingerprint density at radius 1 is 1.29 bits per heavy atom. The summed E-state index contributed by atoms with van der Waals surface area (Å²) in [6.45, 7) is 5.06. The molecule has 1 aromatic heterocycles. The third kappa shape index (κ3) is 2.45. The molecule has 1 aliphatic carbocycles. The summed E-state index contributed by atoms with van der Waals surface area (Å²) in [4.78, 5) is 16.1. The van der Waals surface area contributed by atoms with E-state index in [1.165, 1.54) is 23.8 Å². The molecule has 0 unspecified atom stereocenters. The lowest BCUT2D eigenvalue weighted by Gasteiger charge is -2.16. The molecule has 0 bridgehead atoms. The van der Waals surface area contributed by atoms with E-state index in [1.807, 2.05) is 12.1 Å². The van der Waals surface area contributed by atoms with Crippen LogP contribution in [0.1, 0.15) is 50.3 Å². The summed E-state index contributed by atoms with van der Waals surface area (Å²) >= 11 is 0. The average Bonchev–Trinajstić information content (AvgIpc) is 3.20. The molecule has 21 heavy (non-hydrogen) atoms. The van der Waals surface area contributed by atoms with Crippen molar-refractivity contribution in [2.24, 2.45) is 0 Å². The van der Waals surface area contributed by atoms with Crippen LogP contribution in [-0.4, -0.2) is 17.4 Å². The zero-order chi connectivity index (χ0) is 14.9. The second-order valence-electron chi connectivity index (χ2n) is 6.22. The first-order valence-electron chi connectivity index (χ1n) is 8.05. The highest BCUT2D eigenvalue weighted by Gasteiger charge is 2.53. The van der Waals surface area contributed by atoms with Gasteiger partial charge in [0, 0.05) is 23.1 Å². The van der Waals surface area contributed by atoms with E-state index < -0.39 is 0 Å². The van der Waals surface area contributed by atoms with Crippen molar-refractivity contribution in [1.29, 1.82) is 0 Å². The van der Waals surface area contributed by atoms with Crippen LogP contribution in [0.5, 0.6) is 0 Å². The van der Waals surface area contributed by atoms with Gasteiger partial charge < -0.3 is 10.3 Å². The number of unbranched alkanes of at least 4 members (excludes halogenated alkanes) is 2. The lowest BCUT2D eigenvalue weighted by molar-refractivity contribution is -0.123. The number of amides is 1. The third-order valence-corrected chi connectivity index (χ3v) is 4.62. The third-order valence-electron chi connectivity index (χ3n) is 4.62. The van der Waals surface area contributed by atoms with Crippen LogP contribution in [0, 0.1) is 6.92 Å². The largest absolute Gasteiger partial charge is 0.358 e. The number of aryl methyl sites for hydroxylation is 1. The molecule has 3 heteroatoms. The molecule has 112 valence electrons. The van der Waals surface area contributed by atoms with Crippen LogP contribution >= 0.6 is 0 Å². The van der Waals surface area contributed by atoms with Crippen LogP contribution in [0.25, 0.3) is 10.9 Å². The van der Waals surface area contributed by atoms with Crippen molar-refractivity contribution in [3.05, 3.63) is 35.5 Å². The van der Waals surface area contributed by atoms with E-state index in [4.69, 9.17) is 0 Å². The molecule has 0 aliphatic heterocycles. The standard InChI is InChI=1S/C18H24N2O/c1-3-4-7-12-19-17(21)18(10-11-18)16-13(2)20-15-9-6-5-8-14(15)16/h5-6,8-9,20H,3-4,7,10-12H2,1-2H3,(H,19,21). The van der Waals surface area contributed by atoms with Gasteiger partial charge in [-0.2, -0.15) is 0 Å². The maximum atomic E-state index is 12.7. The number of hydrogen-bond donors (Lipinski definition) is 2. The minimum atomic E-state index is -0.282. The molecule has 3 rings (SSSR count). The maximum Gasteiger partial charge on any atom is 0.230 e. The van der Waals surface area contributed by atoms with Gasteiger partial charge in [-0.05, 0) is 37.8 Å². The number of para-hydroxylation sites is 1. The first kappa shape index (κ1) is 14.2. The number of H-pyrrole nitrogens is 1. The van der Waals surface area contributed by atoms with Gasteiger partial charge in [-0.15, -0.1) is 0 Å². The fraction of sp³-hybridized carbons (Fsp3) is 0.500. The Morgan fingerprint density at radius 2 is 2.05 bits per heavy atom. The Labute approximate surface area is 126 Å². The molecule has 2 N–H and O–H groups in total. The Bertz CT molecular complexity index is 652. The average molecular weight is 284 g/mol. The number of benzene rings is 1. The molecule has 0 saturated heterocycles. The molecule has 1 aliphatic rings. The van der Waals surface area contributed by atoms with Crippen molar-refractivity contribution < 1.29 is 4.79 Å². The number of aromatic nitrogens is 1. The summed E-state index contributed by atoms with van der Waals surface area (Å²) < 4.78 is 0. The van der Waals surface area contributed by atoms with E-state index in [1.54, 1.807) is 0 Å². The summed E-state index contributed by atoms with van der Waals surface area (Å²) in [6.07, 6.45) is 5.37. The number of aromatic amines is 1. The van der Waals surface area contributed by atoms with Gasteiger partial charge in [0.15, 0.2) is 0 Å². The monoisotopic (exact) mass is 284 g/mol. The smallest absolute Gasteiger partial charge is 0.230 e. The van der Waals surface area contributed by atoms with Crippen LogP contribution in [0.4, 0.5) is 0 Å². The summed E-state index contributed by atoms with van der Waals surface area (Å²) in [5.41, 5.74) is 3.20. The molecule has 2 aromatic rings. The van der Waals surface area contributed by atoms with Gasteiger partial charge in [0.05, 0.1) is 5.41 Å². The normalized spacial score (nSPS) is 16.1. The summed E-state index contributed by atoms with van der Waals surface area (Å²) in [5, 5.41) is 4.35. The predicted octanol–water partition coefficient (Wildman–Crippen LogP) is 3.81. The molecule has 0 atom stereocenters. The van der Waals surface area contributed by atoms with Crippen LogP contribution in [0.2, 0.25) is 0 Å². The van der Waals surface area contributed by atoms with Crippen molar-refractivity contribution in [1.82, 2.24) is 10.3 Å². The van der Waals surface area contributed by atoms with Gasteiger partial charge in [0.1, 0.15) is 0 Å². The van der Waals surface area contributed by atoms with Crippen LogP contribution in [0.15, 0.2) is 24.3 Å². The van der Waals surface area contributed by atoms with E-state index in [2.05, 4.69) is 36.3 Å². The molecular formula is C18H24N2O. The van der Waals surface area contributed by atoms with E-state index >= 15 is 0 Å². The zero-order valence-electron chi connectivity index (χ0n) is 13.0. The van der Waals surface area contributed by atoms with Crippen LogP contribution < -0.4 is 5.32 Å². The molecule has 1 fully saturated rings. The molecule has 3 nitrogen and oxygen atoms in total. The number of hydrogen-bond acceptors (Lipinski definition) is 1. The number of rotatable bonds is 6. The van der Waals surface area contributed by atoms with E-state index in [0.29, 0.717) is 0 Å². The molecule has 0 radical (unpaired) electrons. The quantitative estimate of drug-likeness (QED) is 0.778. The summed E-state index contributed by atoms with van der Waals surface area (Å²) in [5.74, 6) is 0.214. The second-order valence-corrected chi connectivity index (χ2v) is 6.22. The first-order valence-corrected chi connectivity index (χ1v) is 8.05. The number of carbonyl (C=O) groups is 1. The van der Waals surface area contributed by atoms with Gasteiger partial charge in [0.25, 0.3) is 0 Å². The van der Waals surface area contributed by atoms with E-state index in [9.17, 15) is 4.79 Å². The van der Waals surface area contributed by atoms with Crippen molar-refractivity contribution in [3.8, 4) is 0 Å². The van der Waals surface area contributed by atoms with Gasteiger partial charge >= 0.3 is 0 Å². The molecular weight excluding hydrogens is 260 g/mol. The Morgan fingerprint density at radius 3 is 2.76 bits per heavy atom. The Hall–Kier alpha value is -1.77. The molecule has 1 saturated carbocycles. The van der Waals surface area contributed by atoms with E-state index in [0.717, 1.165) is 37.0 Å². The van der Waals surface area contributed by atoms with Gasteiger partial charge in [0.2, 0.25) is 5.91 Å². The summed E-state index contributed by atoms with van der Waals surface area (Å²) in [6, 6.07) is 8.29. The lowest BCUT2D eigenvalue weighted by atomic mass is 9.92. The lowest BCUT2D eigenvalue weighted by Crippen LogP contribution is -2.35. The number of nitrogens with one attached hydrogen (secondary N) is 2. The van der Waals surface area contributed by atoms with E-state index in [-0.39, 0.29) is 11.3 Å². The Balaban J connectivity index is 1.84. The number of carbonyl (C=O) groups excluding carboxylic acids is 1. The highest BCUT2D eigenvalue weighted by atomic mass is 16.2. The topological polar surface area (TPSA) is 44.9 Å². The first-order chi connectivity index (χ1) is 10.2. The maximum absolute atomic E-state index is 12.7.